The highest BCUT2D eigenvalue weighted by Gasteiger charge is 2.24. The molecule has 0 spiro atoms. The van der Waals surface area contributed by atoms with E-state index in [1.807, 2.05) is 30.0 Å². The number of anilines is 1. The topological polar surface area (TPSA) is 42.0 Å². The molecule has 1 unspecified atom stereocenters. The van der Waals surface area contributed by atoms with Crippen molar-refractivity contribution in [2.75, 3.05) is 22.6 Å². The summed E-state index contributed by atoms with van der Waals surface area (Å²) in [6.45, 7) is 4.33. The Labute approximate surface area is 149 Å². The lowest BCUT2D eigenvalue weighted by molar-refractivity contribution is -0.115. The molecule has 6 heteroatoms. The molecule has 1 fully saturated rings. The number of nitrogens with zero attached hydrogens (tertiary/aromatic N) is 1. The third-order valence-corrected chi connectivity index (χ3v) is 7.59. The molecule has 23 heavy (non-hydrogen) atoms. The fourth-order valence-electron chi connectivity index (χ4n) is 2.40. The van der Waals surface area contributed by atoms with Gasteiger partial charge >= 0.3 is 0 Å². The van der Waals surface area contributed by atoms with E-state index in [0.29, 0.717) is 11.0 Å². The van der Waals surface area contributed by atoms with Crippen LogP contribution in [0.1, 0.15) is 24.6 Å². The summed E-state index contributed by atoms with van der Waals surface area (Å²) in [6.07, 6.45) is 0. The third-order valence-electron chi connectivity index (χ3n) is 3.56. The summed E-state index contributed by atoms with van der Waals surface area (Å²) in [5, 5.41) is 3.79. The zero-order chi connectivity index (χ0) is 16.2. The van der Waals surface area contributed by atoms with Crippen LogP contribution in [-0.4, -0.2) is 33.4 Å². The van der Waals surface area contributed by atoms with Crippen LogP contribution in [0, 0.1) is 0 Å². The van der Waals surface area contributed by atoms with Gasteiger partial charge in [-0.2, -0.15) is 11.8 Å². The fraction of sp³-hybridized carbons (Fsp3) is 0.412. The van der Waals surface area contributed by atoms with E-state index >= 15 is 0 Å². The van der Waals surface area contributed by atoms with E-state index < -0.39 is 0 Å². The van der Waals surface area contributed by atoms with Crippen molar-refractivity contribution >= 4 is 45.9 Å². The molecule has 3 rings (SSSR count). The molecule has 0 aliphatic carbocycles. The Bertz CT molecular complexity index is 664. The molecule has 1 aromatic carbocycles. The van der Waals surface area contributed by atoms with E-state index in [9.17, 15) is 4.79 Å². The number of hydrogen-bond donors (Lipinski definition) is 1. The van der Waals surface area contributed by atoms with Crippen molar-refractivity contribution in [2.45, 2.75) is 25.0 Å². The van der Waals surface area contributed by atoms with Gasteiger partial charge in [0.25, 0.3) is 0 Å². The van der Waals surface area contributed by atoms with Gasteiger partial charge in [-0.1, -0.05) is 44.2 Å². The molecule has 2 aromatic rings. The highest BCUT2D eigenvalue weighted by atomic mass is 32.2. The molecule has 1 atom stereocenters. The van der Waals surface area contributed by atoms with Gasteiger partial charge in [0.1, 0.15) is 0 Å². The van der Waals surface area contributed by atoms with Crippen LogP contribution in [-0.2, 0) is 4.79 Å². The molecule has 3 nitrogen and oxygen atoms in total. The number of aromatic nitrogens is 1. The van der Waals surface area contributed by atoms with Crippen molar-refractivity contribution in [2.24, 2.45) is 0 Å². The van der Waals surface area contributed by atoms with Gasteiger partial charge in [0, 0.05) is 27.7 Å². The maximum atomic E-state index is 12.4. The summed E-state index contributed by atoms with van der Waals surface area (Å²) in [5.74, 6) is 3.55. The maximum absolute atomic E-state index is 12.4. The average molecular weight is 365 g/mol. The second kappa shape index (κ2) is 7.73. The zero-order valence-electron chi connectivity index (χ0n) is 13.2. The van der Waals surface area contributed by atoms with E-state index in [2.05, 4.69) is 31.3 Å². The van der Waals surface area contributed by atoms with Crippen molar-refractivity contribution in [3.05, 3.63) is 35.2 Å². The third kappa shape index (κ3) is 4.11. The smallest absolute Gasteiger partial charge is 0.240 e. The van der Waals surface area contributed by atoms with E-state index in [1.54, 1.807) is 23.1 Å². The molecule has 0 radical (unpaired) electrons. The minimum Gasteiger partial charge on any atom is -0.301 e. The number of thiazole rings is 1. The summed E-state index contributed by atoms with van der Waals surface area (Å²) >= 11 is 5.20. The summed E-state index contributed by atoms with van der Waals surface area (Å²) < 4.78 is 0. The lowest BCUT2D eigenvalue weighted by Crippen LogP contribution is -2.30. The normalized spacial score (nSPS) is 18.1. The second-order valence-electron chi connectivity index (χ2n) is 5.68. The fourth-order valence-corrected chi connectivity index (χ4v) is 5.95. The molecule has 122 valence electrons. The number of carbonyl (C=O) groups is 1. The largest absolute Gasteiger partial charge is 0.301 e. The van der Waals surface area contributed by atoms with Gasteiger partial charge in [0.2, 0.25) is 5.91 Å². The van der Waals surface area contributed by atoms with Gasteiger partial charge in [0.05, 0.1) is 10.9 Å². The molecule has 2 heterocycles. The predicted molar refractivity (Wildman–Crippen MR) is 104 cm³/mol. The Balaban J connectivity index is 1.82. The number of rotatable bonds is 4. The second-order valence-corrected chi connectivity index (χ2v) is 9.17. The van der Waals surface area contributed by atoms with Crippen LogP contribution in [0.2, 0.25) is 0 Å². The van der Waals surface area contributed by atoms with Crippen molar-refractivity contribution in [1.29, 1.82) is 0 Å². The Morgan fingerprint density at radius 2 is 2.04 bits per heavy atom. The monoisotopic (exact) mass is 364 g/mol. The molecule has 1 aromatic heterocycles. The molecular weight excluding hydrogens is 344 g/mol. The first-order chi connectivity index (χ1) is 11.1. The van der Waals surface area contributed by atoms with Gasteiger partial charge in [-0.15, -0.1) is 23.1 Å². The first-order valence-corrected chi connectivity index (χ1v) is 10.7. The summed E-state index contributed by atoms with van der Waals surface area (Å²) in [5.41, 5.74) is 2.10. The Morgan fingerprint density at radius 3 is 2.70 bits per heavy atom. The van der Waals surface area contributed by atoms with Crippen molar-refractivity contribution in [3.63, 3.8) is 0 Å². The van der Waals surface area contributed by atoms with Crippen LogP contribution in [0.3, 0.4) is 0 Å². The zero-order valence-corrected chi connectivity index (χ0v) is 15.7. The Morgan fingerprint density at radius 1 is 1.26 bits per heavy atom. The SMILES string of the molecule is CC(C)c1sc(NC(=O)C2CSCCS2)nc1-c1ccccc1. The van der Waals surface area contributed by atoms with E-state index in [4.69, 9.17) is 4.98 Å². The standard InChI is InChI=1S/C17H20N2OS3/c1-11(2)15-14(12-6-4-3-5-7-12)18-17(23-15)19-16(20)13-10-21-8-9-22-13/h3-7,11,13H,8-10H2,1-2H3,(H,18,19,20). The number of nitrogens with one attached hydrogen (secondary N) is 1. The average Bonchev–Trinajstić information content (AvgIpc) is 3.00. The molecule has 1 aliphatic rings. The van der Waals surface area contributed by atoms with Gasteiger partial charge in [-0.25, -0.2) is 4.98 Å². The molecular formula is C17H20N2OS3. The number of amides is 1. The van der Waals surface area contributed by atoms with Crippen LogP contribution in [0.4, 0.5) is 5.13 Å². The Kier molecular flexibility index (Phi) is 5.67. The number of thioether (sulfide) groups is 2. The van der Waals surface area contributed by atoms with Gasteiger partial charge in [0.15, 0.2) is 5.13 Å². The predicted octanol–water partition coefficient (Wildman–Crippen LogP) is 4.72. The summed E-state index contributed by atoms with van der Waals surface area (Å²) in [4.78, 5) is 18.3. The molecule has 0 saturated carbocycles. The first kappa shape index (κ1) is 16.9. The highest BCUT2D eigenvalue weighted by molar-refractivity contribution is 8.07. The minimum absolute atomic E-state index is 0.0420. The van der Waals surface area contributed by atoms with Crippen LogP contribution in [0.15, 0.2) is 30.3 Å². The van der Waals surface area contributed by atoms with E-state index in [-0.39, 0.29) is 11.2 Å². The van der Waals surface area contributed by atoms with Crippen LogP contribution < -0.4 is 5.32 Å². The van der Waals surface area contributed by atoms with Crippen molar-refractivity contribution in [1.82, 2.24) is 4.98 Å². The minimum atomic E-state index is 0.0420. The number of hydrogen-bond acceptors (Lipinski definition) is 5. The van der Waals surface area contributed by atoms with Crippen LogP contribution >= 0.6 is 34.9 Å². The molecule has 1 amide bonds. The highest BCUT2D eigenvalue weighted by Crippen LogP contribution is 2.36. The van der Waals surface area contributed by atoms with Gasteiger partial charge in [-0.3, -0.25) is 4.79 Å². The quantitative estimate of drug-likeness (QED) is 0.852. The van der Waals surface area contributed by atoms with Crippen LogP contribution in [0.25, 0.3) is 11.3 Å². The van der Waals surface area contributed by atoms with Gasteiger partial charge < -0.3 is 5.32 Å². The van der Waals surface area contributed by atoms with E-state index in [1.165, 1.54) is 4.88 Å². The molecule has 0 bridgehead atoms. The molecule has 1 saturated heterocycles. The molecule has 1 N–H and O–H groups in total. The summed E-state index contributed by atoms with van der Waals surface area (Å²) in [6, 6.07) is 10.2. The van der Waals surface area contributed by atoms with Crippen molar-refractivity contribution < 1.29 is 4.79 Å². The van der Waals surface area contributed by atoms with E-state index in [0.717, 1.165) is 28.5 Å². The maximum Gasteiger partial charge on any atom is 0.240 e. The van der Waals surface area contributed by atoms with Gasteiger partial charge in [-0.05, 0) is 5.92 Å². The molecule has 1 aliphatic heterocycles. The summed E-state index contributed by atoms with van der Waals surface area (Å²) in [7, 11) is 0. The number of carbonyl (C=O) groups excluding carboxylic acids is 1. The number of benzene rings is 1. The van der Waals surface area contributed by atoms with Crippen molar-refractivity contribution in [3.8, 4) is 11.3 Å². The Hall–Kier alpha value is -0.980. The van der Waals surface area contributed by atoms with Crippen LogP contribution in [0.5, 0.6) is 0 Å². The lowest BCUT2D eigenvalue weighted by Gasteiger charge is -2.19. The lowest BCUT2D eigenvalue weighted by atomic mass is 10.1. The first-order valence-electron chi connectivity index (χ1n) is 7.71.